The monoisotopic (exact) mass is 354 g/mol. The number of amides is 1. The summed E-state index contributed by atoms with van der Waals surface area (Å²) in [5.74, 6) is 0.472. The minimum Gasteiger partial charge on any atom is -0.411 e. The second-order valence-electron chi connectivity index (χ2n) is 5.70. The molecular weight excluding hydrogens is 340 g/mol. The van der Waals surface area contributed by atoms with Crippen LogP contribution in [-0.2, 0) is 6.54 Å². The van der Waals surface area contributed by atoms with Gasteiger partial charge in [-0.25, -0.2) is 0 Å². The van der Waals surface area contributed by atoms with Gasteiger partial charge in [0.25, 0.3) is 5.91 Å². The summed E-state index contributed by atoms with van der Waals surface area (Å²) in [6.45, 7) is 3.48. The number of aromatic nitrogens is 7. The van der Waals surface area contributed by atoms with Crippen LogP contribution >= 0.6 is 0 Å². The van der Waals surface area contributed by atoms with Gasteiger partial charge in [0.2, 0.25) is 0 Å². The van der Waals surface area contributed by atoms with Crippen LogP contribution in [0.25, 0.3) is 10.9 Å². The molecule has 0 spiro atoms. The molecule has 0 bridgehead atoms. The lowest BCUT2D eigenvalue weighted by atomic mass is 10.1. The van der Waals surface area contributed by atoms with Gasteiger partial charge in [0.1, 0.15) is 16.8 Å². The third kappa shape index (κ3) is 2.55. The number of hydrogen-bond acceptors (Lipinski definition) is 8. The fraction of sp³-hybridized carbons (Fsp3) is 0.200. The van der Waals surface area contributed by atoms with E-state index in [1.54, 1.807) is 32.0 Å². The largest absolute Gasteiger partial charge is 0.411 e. The minimum absolute atomic E-state index is 0.0954. The van der Waals surface area contributed by atoms with Gasteiger partial charge in [-0.1, -0.05) is 10.4 Å². The number of aromatic amines is 1. The zero-order valence-corrected chi connectivity index (χ0v) is 13.9. The number of nitrogens with zero attached hydrogens (tertiary/aromatic N) is 7. The molecule has 132 valence electrons. The fourth-order valence-electron chi connectivity index (χ4n) is 2.77. The number of hydrogen-bond donors (Lipinski definition) is 2. The van der Waals surface area contributed by atoms with E-state index in [2.05, 4.69) is 30.9 Å². The van der Waals surface area contributed by atoms with Gasteiger partial charge < -0.3 is 14.6 Å². The number of H-pyrrole nitrogens is 1. The van der Waals surface area contributed by atoms with Gasteiger partial charge in [0.05, 0.1) is 18.4 Å². The molecule has 1 amide bonds. The van der Waals surface area contributed by atoms with Crippen molar-refractivity contribution in [1.82, 2.24) is 35.7 Å². The topological polar surface area (TPSA) is 139 Å². The molecule has 0 saturated carbocycles. The molecule has 0 atom stereocenters. The number of tetrazole rings is 1. The van der Waals surface area contributed by atoms with Crippen LogP contribution in [-0.4, -0.2) is 46.8 Å². The third-order valence-electron chi connectivity index (χ3n) is 4.03. The van der Waals surface area contributed by atoms with E-state index in [9.17, 15) is 10.0 Å². The van der Waals surface area contributed by atoms with Crippen molar-refractivity contribution in [2.45, 2.75) is 20.4 Å². The maximum atomic E-state index is 13.2. The van der Waals surface area contributed by atoms with Crippen molar-refractivity contribution in [1.29, 1.82) is 0 Å². The maximum absolute atomic E-state index is 13.2. The Morgan fingerprint density at radius 2 is 2.23 bits per heavy atom. The quantitative estimate of drug-likeness (QED) is 0.522. The van der Waals surface area contributed by atoms with Gasteiger partial charge in [0.15, 0.2) is 5.82 Å². The minimum atomic E-state index is -0.304. The molecule has 4 rings (SSSR count). The predicted octanol–water partition coefficient (Wildman–Crippen LogP) is 1.24. The summed E-state index contributed by atoms with van der Waals surface area (Å²) in [5.41, 5.74) is 1.99. The summed E-state index contributed by atoms with van der Waals surface area (Å²) in [6.07, 6.45) is 1.51. The molecule has 11 heteroatoms. The molecule has 4 aromatic rings. The van der Waals surface area contributed by atoms with Gasteiger partial charge in [-0.2, -0.15) is 5.21 Å². The van der Waals surface area contributed by atoms with Crippen LogP contribution < -0.4 is 4.90 Å². The first-order valence-corrected chi connectivity index (χ1v) is 7.68. The molecule has 3 aromatic heterocycles. The maximum Gasteiger partial charge on any atom is 0.264 e. The van der Waals surface area contributed by atoms with Crippen molar-refractivity contribution in [3.63, 3.8) is 0 Å². The van der Waals surface area contributed by atoms with E-state index in [0.29, 0.717) is 39.4 Å². The average molecular weight is 354 g/mol. The lowest BCUT2D eigenvalue weighted by Crippen LogP contribution is -2.31. The average Bonchev–Trinajstić information content (AvgIpc) is 3.34. The highest BCUT2D eigenvalue weighted by atomic mass is 16.5. The summed E-state index contributed by atoms with van der Waals surface area (Å²) in [5, 5.41) is 31.7. The first-order valence-electron chi connectivity index (χ1n) is 7.68. The molecule has 0 aliphatic carbocycles. The lowest BCUT2D eigenvalue weighted by molar-refractivity contribution is 0.0982. The zero-order chi connectivity index (χ0) is 18.3. The molecular formula is C15H14N8O3. The molecule has 1 aromatic carbocycles. The fourth-order valence-corrected chi connectivity index (χ4v) is 2.77. The Morgan fingerprint density at radius 1 is 1.38 bits per heavy atom. The molecule has 2 N–H and O–H groups in total. The molecule has 26 heavy (non-hydrogen) atoms. The van der Waals surface area contributed by atoms with Crippen molar-refractivity contribution in [3.05, 3.63) is 47.2 Å². The van der Waals surface area contributed by atoms with E-state index in [1.807, 2.05) is 0 Å². The lowest BCUT2D eigenvalue weighted by Gasteiger charge is -2.21. The van der Waals surface area contributed by atoms with Crippen LogP contribution in [0.3, 0.4) is 0 Å². The van der Waals surface area contributed by atoms with Gasteiger partial charge in [-0.3, -0.25) is 4.79 Å². The Bertz CT molecular complexity index is 1060. The molecule has 3 heterocycles. The number of carbonyl (C=O) groups is 1. The van der Waals surface area contributed by atoms with Crippen molar-refractivity contribution in [2.75, 3.05) is 4.90 Å². The summed E-state index contributed by atoms with van der Waals surface area (Å²) in [7, 11) is 0. The zero-order valence-electron chi connectivity index (χ0n) is 13.9. The second kappa shape index (κ2) is 5.95. The Kier molecular flexibility index (Phi) is 3.60. The van der Waals surface area contributed by atoms with Crippen LogP contribution in [0.4, 0.5) is 5.69 Å². The van der Waals surface area contributed by atoms with Crippen molar-refractivity contribution in [3.8, 4) is 0 Å². The number of rotatable bonds is 4. The van der Waals surface area contributed by atoms with Crippen LogP contribution in [0.15, 0.2) is 28.9 Å². The number of nitrogens with one attached hydrogen (secondary N) is 1. The molecule has 0 saturated heterocycles. The Morgan fingerprint density at radius 3 is 2.92 bits per heavy atom. The van der Waals surface area contributed by atoms with Crippen LogP contribution in [0.5, 0.6) is 0 Å². The van der Waals surface area contributed by atoms with Crippen molar-refractivity contribution >= 4 is 22.5 Å². The summed E-state index contributed by atoms with van der Waals surface area (Å²) in [6, 6.07) is 5.11. The first kappa shape index (κ1) is 15.7. The van der Waals surface area contributed by atoms with E-state index >= 15 is 0 Å². The smallest absolute Gasteiger partial charge is 0.264 e. The second-order valence-corrected chi connectivity index (χ2v) is 5.70. The van der Waals surface area contributed by atoms with Crippen LogP contribution in [0.2, 0.25) is 0 Å². The third-order valence-corrected chi connectivity index (χ3v) is 4.03. The highest BCUT2D eigenvalue weighted by Crippen LogP contribution is 2.26. The number of benzene rings is 1. The van der Waals surface area contributed by atoms with E-state index in [4.69, 9.17) is 4.52 Å². The van der Waals surface area contributed by atoms with Crippen molar-refractivity contribution in [2.24, 2.45) is 0 Å². The molecule has 0 unspecified atom stereocenters. The Labute approximate surface area is 146 Å². The molecule has 0 aliphatic rings. The molecule has 11 nitrogen and oxygen atoms in total. The Hall–Kier alpha value is -3.76. The highest BCUT2D eigenvalue weighted by Gasteiger charge is 2.26. The van der Waals surface area contributed by atoms with Gasteiger partial charge in [-0.05, 0) is 32.0 Å². The number of anilines is 1. The van der Waals surface area contributed by atoms with Crippen LogP contribution in [0.1, 0.15) is 27.6 Å². The molecule has 0 radical (unpaired) electrons. The predicted molar refractivity (Wildman–Crippen MR) is 87.6 cm³/mol. The van der Waals surface area contributed by atoms with Gasteiger partial charge >= 0.3 is 0 Å². The normalized spacial score (nSPS) is 11.2. The van der Waals surface area contributed by atoms with E-state index in [0.717, 1.165) is 4.85 Å². The summed E-state index contributed by atoms with van der Waals surface area (Å²) in [4.78, 5) is 15.5. The SMILES string of the molecule is Cc1noc(C)c1C(=O)N(Cc1nn[nH]n1)c1ccc2c(cnn2O)c1. The standard InChI is InChI=1S/C15H14N8O3/c1-8-14(9(2)26-19-8)15(24)22(7-13-17-20-21-18-13)11-3-4-12-10(5-11)6-16-23(12)25/h3-6,25H,7H2,1-2H3,(H,17,18,20,21). The summed E-state index contributed by atoms with van der Waals surface area (Å²) < 4.78 is 5.12. The van der Waals surface area contributed by atoms with E-state index in [1.165, 1.54) is 11.1 Å². The highest BCUT2D eigenvalue weighted by molar-refractivity contribution is 6.08. The van der Waals surface area contributed by atoms with E-state index < -0.39 is 0 Å². The van der Waals surface area contributed by atoms with Crippen molar-refractivity contribution < 1.29 is 14.5 Å². The van der Waals surface area contributed by atoms with E-state index in [-0.39, 0.29) is 12.5 Å². The first-order chi connectivity index (χ1) is 12.5. The molecule has 0 aliphatic heterocycles. The Balaban J connectivity index is 1.80. The van der Waals surface area contributed by atoms with Gasteiger partial charge in [-0.15, -0.1) is 20.1 Å². The van der Waals surface area contributed by atoms with Crippen LogP contribution in [0, 0.1) is 13.8 Å². The number of carbonyl (C=O) groups excluding carboxylic acids is 1. The number of aryl methyl sites for hydroxylation is 2. The molecule has 0 fully saturated rings. The number of fused-ring (bicyclic) bond motifs is 1. The van der Waals surface area contributed by atoms with Gasteiger partial charge in [0, 0.05) is 11.1 Å². The summed E-state index contributed by atoms with van der Waals surface area (Å²) >= 11 is 0.